The van der Waals surface area contributed by atoms with E-state index in [9.17, 15) is 14.4 Å². The van der Waals surface area contributed by atoms with E-state index in [4.69, 9.17) is 57.4 Å². The van der Waals surface area contributed by atoms with Crippen molar-refractivity contribution in [1.82, 2.24) is 0 Å². The number of fused-ring (bicyclic) bond motifs is 2. The molecule has 8 atom stereocenters. The van der Waals surface area contributed by atoms with Gasteiger partial charge in [0.25, 0.3) is 0 Å². The van der Waals surface area contributed by atoms with Crippen LogP contribution in [0.15, 0.2) is 23.3 Å². The van der Waals surface area contributed by atoms with Crippen LogP contribution in [0.1, 0.15) is 27.7 Å². The summed E-state index contributed by atoms with van der Waals surface area (Å²) in [4.78, 5) is 32.8. The maximum Gasteiger partial charge on any atom is 0.328 e. The van der Waals surface area contributed by atoms with Gasteiger partial charge in [0.15, 0.2) is 18.9 Å². The largest absolute Gasteiger partial charge is 0.480 e. The number of carbonyl (C=O) groups is 3. The number of aliphatic carboxylic acids is 3. The van der Waals surface area contributed by atoms with E-state index in [0.29, 0.717) is 11.1 Å². The molecule has 0 radical (unpaired) electrons. The zero-order valence-corrected chi connectivity index (χ0v) is 17.7. The van der Waals surface area contributed by atoms with Crippen LogP contribution in [0.25, 0.3) is 0 Å². The first kappa shape index (κ1) is 31.6. The molecule has 4 saturated carbocycles. The van der Waals surface area contributed by atoms with E-state index in [1.165, 1.54) is 0 Å². The number of aliphatic hydroxyl groups excluding tert-OH is 3. The fourth-order valence-electron chi connectivity index (χ4n) is 5.94. The molecule has 0 aliphatic heterocycles. The number of hydrogen-bond donors (Lipinski definition) is 11. The Labute approximate surface area is 206 Å². The lowest BCUT2D eigenvalue weighted by atomic mass is 9.90. The van der Waals surface area contributed by atoms with E-state index in [0.717, 1.165) is 12.2 Å². The molecular weight excluding hydrogens is 484 g/mol. The van der Waals surface area contributed by atoms with Crippen LogP contribution in [-0.4, -0.2) is 93.8 Å². The van der Waals surface area contributed by atoms with Crippen molar-refractivity contribution in [3.8, 4) is 0 Å². The van der Waals surface area contributed by atoms with E-state index in [1.54, 1.807) is 0 Å². The fraction of sp³-hybridized carbons (Fsp3) is 0.682. The number of hydrogen-bond acceptors (Lipinski definition) is 11. The van der Waals surface area contributed by atoms with Gasteiger partial charge in [-0.25, -0.2) is 4.79 Å². The lowest BCUT2D eigenvalue weighted by Crippen LogP contribution is -2.49. The number of carboxylic acid groups (broad SMARTS) is 3. The summed E-state index contributed by atoms with van der Waals surface area (Å²) in [7, 11) is 0. The third-order valence-corrected chi connectivity index (χ3v) is 7.35. The monoisotopic (exact) mass is 520 g/mol. The molecule has 14 nitrogen and oxygen atoms in total. The van der Waals surface area contributed by atoms with Crippen LogP contribution < -0.4 is 11.5 Å². The van der Waals surface area contributed by atoms with Gasteiger partial charge >= 0.3 is 17.9 Å². The zero-order chi connectivity index (χ0) is 25.9. The molecule has 0 spiro atoms. The zero-order valence-electron chi connectivity index (χ0n) is 17.7. The topological polar surface area (TPSA) is 285 Å². The Morgan fingerprint density at radius 3 is 1.42 bits per heavy atom. The van der Waals surface area contributed by atoms with Gasteiger partial charge in [0.1, 0.15) is 11.1 Å². The molecule has 0 heterocycles. The molecule has 4 rings (SSSR count). The van der Waals surface area contributed by atoms with E-state index < -0.39 is 83.4 Å². The Morgan fingerprint density at radius 1 is 0.750 bits per heavy atom. The van der Waals surface area contributed by atoms with E-state index in [2.05, 4.69) is 0 Å². The van der Waals surface area contributed by atoms with Gasteiger partial charge in [0, 0.05) is 29.7 Å². The molecule has 0 aromatic rings. The lowest BCUT2D eigenvalue weighted by molar-refractivity contribution is -0.145. The summed E-state index contributed by atoms with van der Waals surface area (Å²) in [6, 6.07) is 0. The maximum atomic E-state index is 11.1. The van der Waals surface area contributed by atoms with E-state index in [-0.39, 0.29) is 27.7 Å². The molecule has 13 N–H and O–H groups in total. The quantitative estimate of drug-likeness (QED) is 0.0959. The summed E-state index contributed by atoms with van der Waals surface area (Å²) in [5.74, 6) is -6.99. The van der Waals surface area contributed by atoms with Gasteiger partial charge < -0.3 is 57.4 Å². The van der Waals surface area contributed by atoms with Crippen LogP contribution in [0.4, 0.5) is 0 Å². The van der Waals surface area contributed by atoms with Crippen molar-refractivity contribution >= 4 is 17.9 Å². The molecule has 0 bridgehead atoms. The molecule has 36 heavy (non-hydrogen) atoms. The first-order chi connectivity index (χ1) is 15.6. The maximum absolute atomic E-state index is 11.1. The highest BCUT2D eigenvalue weighted by Gasteiger charge is 2.72. The third kappa shape index (κ3) is 5.17. The van der Waals surface area contributed by atoms with Gasteiger partial charge in [-0.2, -0.15) is 0 Å². The normalized spacial score (nSPS) is 39.6. The number of nitrogens with two attached hydrogens (primary N) is 2. The average molecular weight is 521 g/mol. The minimum Gasteiger partial charge on any atom is -0.480 e. The average Bonchev–Trinajstić information content (AvgIpc) is 3.55. The van der Waals surface area contributed by atoms with Crippen molar-refractivity contribution in [1.29, 1.82) is 0 Å². The van der Waals surface area contributed by atoms with Crippen molar-refractivity contribution in [3.63, 3.8) is 0 Å². The first-order valence-electron chi connectivity index (χ1n) is 10.3. The lowest BCUT2D eigenvalue weighted by Gasteiger charge is -2.23. The Morgan fingerprint density at radius 2 is 1.11 bits per heavy atom. The van der Waals surface area contributed by atoms with E-state index >= 15 is 0 Å². The SMILES string of the molecule is C.C.NC1(C(=O)O)C/C(=C/C(O)O)C2C(C(O)O)C21.NC1(C(=O)O)C/C(=C\C(=O)O)C2C(C(O)O)C21. The smallest absolute Gasteiger partial charge is 0.328 e. The summed E-state index contributed by atoms with van der Waals surface area (Å²) < 4.78 is 0. The summed E-state index contributed by atoms with van der Waals surface area (Å²) in [5, 5.41) is 80.9. The molecule has 0 aromatic heterocycles. The Hall–Kier alpha value is -2.43. The predicted molar refractivity (Wildman–Crippen MR) is 121 cm³/mol. The first-order valence-corrected chi connectivity index (χ1v) is 10.3. The molecule has 0 amide bonds. The molecule has 4 aliphatic rings. The molecule has 206 valence electrons. The number of aliphatic hydroxyl groups is 6. The second-order valence-electron chi connectivity index (χ2n) is 9.34. The molecule has 8 unspecified atom stereocenters. The highest BCUT2D eigenvalue weighted by Crippen LogP contribution is 2.65. The van der Waals surface area contributed by atoms with Crippen LogP contribution in [0, 0.1) is 35.5 Å². The number of carboxylic acids is 3. The van der Waals surface area contributed by atoms with Crippen molar-refractivity contribution in [2.24, 2.45) is 47.0 Å². The minimum atomic E-state index is -1.70. The Kier molecular flexibility index (Phi) is 9.23. The Bertz CT molecular complexity index is 947. The molecule has 0 saturated heterocycles. The van der Waals surface area contributed by atoms with Gasteiger partial charge in [-0.15, -0.1) is 0 Å². The third-order valence-electron chi connectivity index (χ3n) is 7.35. The molecule has 14 heteroatoms. The molecule has 4 aliphatic carbocycles. The molecular formula is C22H36N2O12. The van der Waals surface area contributed by atoms with Crippen molar-refractivity contribution in [3.05, 3.63) is 23.3 Å². The van der Waals surface area contributed by atoms with Crippen LogP contribution in [-0.2, 0) is 14.4 Å². The van der Waals surface area contributed by atoms with Gasteiger partial charge in [-0.1, -0.05) is 26.0 Å². The van der Waals surface area contributed by atoms with Crippen molar-refractivity contribution in [2.75, 3.05) is 0 Å². The highest BCUT2D eigenvalue weighted by atomic mass is 16.5. The van der Waals surface area contributed by atoms with Crippen molar-refractivity contribution < 1.29 is 60.3 Å². The standard InChI is InChI=1S/C10H15NO6.C10H13NO6.2CH4/c2*11-10(9(16)17)2-3(1-4(12)13)5-6(7(5)10)8(14)15;;/h1,4-8,12-15H,2,11H2,(H,16,17);1,5-8,14-15H,2,11H2,(H,12,13)(H,16,17);2*1H4/b3-1-;3-1+;;. The summed E-state index contributed by atoms with van der Waals surface area (Å²) in [6.07, 6.45) is -3.06. The van der Waals surface area contributed by atoms with Gasteiger partial charge in [-0.3, -0.25) is 9.59 Å². The highest BCUT2D eigenvalue weighted by molar-refractivity contribution is 5.85. The second-order valence-corrected chi connectivity index (χ2v) is 9.34. The fourth-order valence-corrected chi connectivity index (χ4v) is 5.94. The second kappa shape index (κ2) is 10.5. The Balaban J connectivity index is 0.000000341. The molecule has 4 fully saturated rings. The summed E-state index contributed by atoms with van der Waals surface area (Å²) in [5.41, 5.74) is 9.16. The minimum absolute atomic E-state index is 0. The van der Waals surface area contributed by atoms with Crippen LogP contribution >= 0.6 is 0 Å². The predicted octanol–water partition coefficient (Wildman–Crippen LogP) is -2.79. The van der Waals surface area contributed by atoms with Gasteiger partial charge in [0.2, 0.25) is 0 Å². The van der Waals surface area contributed by atoms with Crippen LogP contribution in [0.2, 0.25) is 0 Å². The van der Waals surface area contributed by atoms with Gasteiger partial charge in [0.05, 0.1) is 0 Å². The molecule has 0 aromatic carbocycles. The number of rotatable bonds is 6. The van der Waals surface area contributed by atoms with E-state index in [1.807, 2.05) is 0 Å². The summed E-state index contributed by atoms with van der Waals surface area (Å²) in [6.45, 7) is 0. The summed E-state index contributed by atoms with van der Waals surface area (Å²) >= 11 is 0. The van der Waals surface area contributed by atoms with Crippen LogP contribution in [0.3, 0.4) is 0 Å². The van der Waals surface area contributed by atoms with Crippen LogP contribution in [0.5, 0.6) is 0 Å². The van der Waals surface area contributed by atoms with Crippen molar-refractivity contribution in [2.45, 2.75) is 57.6 Å². The van der Waals surface area contributed by atoms with Gasteiger partial charge in [-0.05, 0) is 30.8 Å².